The number of aromatic nitrogens is 3. The van der Waals surface area contributed by atoms with Crippen LogP contribution in [-0.2, 0) is 18.4 Å². The lowest BCUT2D eigenvalue weighted by Crippen LogP contribution is -2.14. The van der Waals surface area contributed by atoms with Gasteiger partial charge in [-0.05, 0) is 35.4 Å². The van der Waals surface area contributed by atoms with Crippen LogP contribution in [0.1, 0.15) is 5.82 Å². The summed E-state index contributed by atoms with van der Waals surface area (Å²) in [6, 6.07) is 25.1. The van der Waals surface area contributed by atoms with Crippen molar-refractivity contribution in [1.82, 2.24) is 14.8 Å². The van der Waals surface area contributed by atoms with Gasteiger partial charge in [-0.3, -0.25) is 4.79 Å². The van der Waals surface area contributed by atoms with Crippen molar-refractivity contribution in [1.29, 1.82) is 0 Å². The molecule has 0 aliphatic carbocycles. The fourth-order valence-corrected chi connectivity index (χ4v) is 3.92. The van der Waals surface area contributed by atoms with Crippen molar-refractivity contribution in [3.63, 3.8) is 0 Å². The van der Waals surface area contributed by atoms with Gasteiger partial charge in [0.2, 0.25) is 5.91 Å². The van der Waals surface area contributed by atoms with Crippen molar-refractivity contribution in [2.75, 3.05) is 11.1 Å². The molecule has 162 valence electrons. The number of hydrogen-bond donors (Lipinski definition) is 1. The van der Waals surface area contributed by atoms with Gasteiger partial charge in [0.05, 0.1) is 10.8 Å². The number of anilines is 1. The number of nitrogens with one attached hydrogen (secondary N) is 1. The SMILES string of the molecule is Cn1c(COc2ccccc2Cl)nnc1SCC(=O)Nc1ccc(-c2ccccc2)cc1. The van der Waals surface area contributed by atoms with E-state index in [1.54, 1.807) is 12.1 Å². The summed E-state index contributed by atoms with van der Waals surface area (Å²) >= 11 is 7.43. The number of halogens is 1. The quantitative estimate of drug-likeness (QED) is 0.351. The Morgan fingerprint density at radius 1 is 0.969 bits per heavy atom. The van der Waals surface area contributed by atoms with Gasteiger partial charge in [0.25, 0.3) is 0 Å². The van der Waals surface area contributed by atoms with Gasteiger partial charge in [0.15, 0.2) is 11.0 Å². The maximum absolute atomic E-state index is 12.4. The van der Waals surface area contributed by atoms with Crippen LogP contribution in [-0.4, -0.2) is 26.4 Å². The van der Waals surface area contributed by atoms with Crippen LogP contribution >= 0.6 is 23.4 Å². The molecule has 0 fully saturated rings. The molecule has 0 saturated carbocycles. The summed E-state index contributed by atoms with van der Waals surface area (Å²) in [6.07, 6.45) is 0. The summed E-state index contributed by atoms with van der Waals surface area (Å²) in [7, 11) is 1.84. The zero-order chi connectivity index (χ0) is 22.3. The van der Waals surface area contributed by atoms with Gasteiger partial charge in [-0.15, -0.1) is 10.2 Å². The van der Waals surface area contributed by atoms with E-state index in [2.05, 4.69) is 27.6 Å². The lowest BCUT2D eigenvalue weighted by Gasteiger charge is -2.08. The molecule has 1 aromatic heterocycles. The molecule has 0 spiro atoms. The van der Waals surface area contributed by atoms with Gasteiger partial charge in [-0.25, -0.2) is 0 Å². The number of hydrogen-bond acceptors (Lipinski definition) is 5. The van der Waals surface area contributed by atoms with Gasteiger partial charge in [-0.1, -0.05) is 78.0 Å². The molecule has 0 aliphatic rings. The van der Waals surface area contributed by atoms with E-state index in [0.29, 0.717) is 21.8 Å². The minimum absolute atomic E-state index is 0.112. The Labute approximate surface area is 195 Å². The Hall–Kier alpha value is -3.29. The number of rotatable bonds is 8. The lowest BCUT2D eigenvalue weighted by molar-refractivity contribution is -0.113. The molecule has 32 heavy (non-hydrogen) atoms. The third-order valence-corrected chi connectivity index (χ3v) is 6.06. The summed E-state index contributed by atoms with van der Waals surface area (Å²) in [5.41, 5.74) is 2.99. The topological polar surface area (TPSA) is 69.0 Å². The highest BCUT2D eigenvalue weighted by molar-refractivity contribution is 7.99. The highest BCUT2D eigenvalue weighted by Crippen LogP contribution is 2.25. The maximum Gasteiger partial charge on any atom is 0.234 e. The molecule has 1 heterocycles. The van der Waals surface area contributed by atoms with Crippen molar-refractivity contribution in [3.05, 3.63) is 89.7 Å². The van der Waals surface area contributed by atoms with E-state index in [0.717, 1.165) is 16.8 Å². The number of benzene rings is 3. The predicted molar refractivity (Wildman–Crippen MR) is 128 cm³/mol. The van der Waals surface area contributed by atoms with Crippen molar-refractivity contribution in [3.8, 4) is 16.9 Å². The van der Waals surface area contributed by atoms with E-state index in [-0.39, 0.29) is 18.3 Å². The normalized spacial score (nSPS) is 10.7. The zero-order valence-electron chi connectivity index (χ0n) is 17.4. The third-order valence-electron chi connectivity index (χ3n) is 4.73. The van der Waals surface area contributed by atoms with Crippen LogP contribution in [0.4, 0.5) is 5.69 Å². The second kappa shape index (κ2) is 10.3. The molecular formula is C24H21ClN4O2S. The molecule has 0 unspecified atom stereocenters. The summed E-state index contributed by atoms with van der Waals surface area (Å²) < 4.78 is 7.53. The Morgan fingerprint density at radius 3 is 2.41 bits per heavy atom. The molecular weight excluding hydrogens is 444 g/mol. The summed E-state index contributed by atoms with van der Waals surface area (Å²) in [5, 5.41) is 12.4. The van der Waals surface area contributed by atoms with Crippen LogP contribution in [0, 0.1) is 0 Å². The second-order valence-electron chi connectivity index (χ2n) is 6.96. The molecule has 4 aromatic rings. The van der Waals surface area contributed by atoms with E-state index in [1.807, 2.05) is 66.2 Å². The van der Waals surface area contributed by atoms with Gasteiger partial charge in [0, 0.05) is 12.7 Å². The minimum atomic E-state index is -0.112. The molecule has 4 rings (SSSR count). The number of ether oxygens (including phenoxy) is 1. The first-order valence-electron chi connectivity index (χ1n) is 9.94. The molecule has 0 aliphatic heterocycles. The first-order chi connectivity index (χ1) is 15.6. The second-order valence-corrected chi connectivity index (χ2v) is 8.31. The standard InChI is InChI=1S/C24H21ClN4O2S/c1-29-22(15-31-21-10-6-5-9-20(21)25)27-28-24(29)32-16-23(30)26-19-13-11-18(12-14-19)17-7-3-2-4-8-17/h2-14H,15-16H2,1H3,(H,26,30). The Balaban J connectivity index is 1.29. The third kappa shape index (κ3) is 5.49. The smallest absolute Gasteiger partial charge is 0.234 e. The van der Waals surface area contributed by atoms with Crippen LogP contribution in [0.15, 0.2) is 84.0 Å². The molecule has 3 aromatic carbocycles. The molecule has 0 saturated heterocycles. The van der Waals surface area contributed by atoms with E-state index in [4.69, 9.17) is 16.3 Å². The average molecular weight is 465 g/mol. The first kappa shape index (κ1) is 21.9. The van der Waals surface area contributed by atoms with Gasteiger partial charge >= 0.3 is 0 Å². The lowest BCUT2D eigenvalue weighted by atomic mass is 10.1. The minimum Gasteiger partial charge on any atom is -0.484 e. The largest absolute Gasteiger partial charge is 0.484 e. The first-order valence-corrected chi connectivity index (χ1v) is 11.3. The van der Waals surface area contributed by atoms with E-state index < -0.39 is 0 Å². The fraction of sp³-hybridized carbons (Fsp3) is 0.125. The summed E-state index contributed by atoms with van der Waals surface area (Å²) in [5.74, 6) is 1.34. The Kier molecular flexibility index (Phi) is 7.09. The van der Waals surface area contributed by atoms with Gasteiger partial charge < -0.3 is 14.6 Å². The van der Waals surface area contributed by atoms with Crippen molar-refractivity contribution in [2.45, 2.75) is 11.8 Å². The Morgan fingerprint density at radius 2 is 1.66 bits per heavy atom. The number of carbonyl (C=O) groups excluding carboxylic acids is 1. The number of carbonyl (C=O) groups is 1. The van der Waals surface area contributed by atoms with Crippen molar-refractivity contribution >= 4 is 35.0 Å². The molecule has 1 amide bonds. The maximum atomic E-state index is 12.4. The number of para-hydroxylation sites is 1. The summed E-state index contributed by atoms with van der Waals surface area (Å²) in [6.45, 7) is 0.230. The molecule has 8 heteroatoms. The molecule has 0 atom stereocenters. The highest BCUT2D eigenvalue weighted by Gasteiger charge is 2.13. The van der Waals surface area contributed by atoms with E-state index >= 15 is 0 Å². The predicted octanol–water partition coefficient (Wildman–Crippen LogP) is 5.45. The fourth-order valence-electron chi connectivity index (χ4n) is 3.00. The Bertz CT molecular complexity index is 1200. The van der Waals surface area contributed by atoms with Crippen LogP contribution in [0.25, 0.3) is 11.1 Å². The van der Waals surface area contributed by atoms with Crippen LogP contribution in [0.5, 0.6) is 5.75 Å². The van der Waals surface area contributed by atoms with Crippen LogP contribution in [0.2, 0.25) is 5.02 Å². The number of nitrogens with zero attached hydrogens (tertiary/aromatic N) is 3. The average Bonchev–Trinajstić information content (AvgIpc) is 3.17. The highest BCUT2D eigenvalue weighted by atomic mass is 35.5. The molecule has 6 nitrogen and oxygen atoms in total. The molecule has 1 N–H and O–H groups in total. The molecule has 0 radical (unpaired) electrons. The van der Waals surface area contributed by atoms with Crippen molar-refractivity contribution < 1.29 is 9.53 Å². The summed E-state index contributed by atoms with van der Waals surface area (Å²) in [4.78, 5) is 12.4. The number of amides is 1. The molecule has 0 bridgehead atoms. The van der Waals surface area contributed by atoms with Crippen molar-refractivity contribution in [2.24, 2.45) is 7.05 Å². The van der Waals surface area contributed by atoms with E-state index in [9.17, 15) is 4.79 Å². The number of thioether (sulfide) groups is 1. The van der Waals surface area contributed by atoms with Gasteiger partial charge in [-0.2, -0.15) is 0 Å². The van der Waals surface area contributed by atoms with Crippen LogP contribution < -0.4 is 10.1 Å². The zero-order valence-corrected chi connectivity index (χ0v) is 18.9. The van der Waals surface area contributed by atoms with Gasteiger partial charge in [0.1, 0.15) is 12.4 Å². The van der Waals surface area contributed by atoms with E-state index in [1.165, 1.54) is 11.8 Å². The monoisotopic (exact) mass is 464 g/mol. The van der Waals surface area contributed by atoms with Crippen LogP contribution in [0.3, 0.4) is 0 Å².